The third-order valence-electron chi connectivity index (χ3n) is 3.54. The zero-order valence-corrected chi connectivity index (χ0v) is 12.8. The van der Waals surface area contributed by atoms with Crippen LogP contribution in [0.5, 0.6) is 0 Å². The Kier molecular flexibility index (Phi) is 4.66. The summed E-state index contributed by atoms with van der Waals surface area (Å²) in [4.78, 5) is 12.4. The summed E-state index contributed by atoms with van der Waals surface area (Å²) >= 11 is 5.97. The lowest BCUT2D eigenvalue weighted by molar-refractivity contribution is 0.0849. The quantitative estimate of drug-likeness (QED) is 0.910. The minimum absolute atomic E-state index is 0.185. The molecule has 0 aliphatic heterocycles. The first-order valence-electron chi connectivity index (χ1n) is 6.71. The van der Waals surface area contributed by atoms with Crippen LogP contribution in [0.4, 0.5) is 0 Å². The monoisotopic (exact) mass is 303 g/mol. The predicted octanol–water partition coefficient (Wildman–Crippen LogP) is 3.29. The summed E-state index contributed by atoms with van der Waals surface area (Å²) in [5.41, 5.74) is 1.39. The van der Waals surface area contributed by atoms with Crippen molar-refractivity contribution in [3.05, 3.63) is 70.2 Å². The van der Waals surface area contributed by atoms with E-state index in [1.165, 1.54) is 0 Å². The van der Waals surface area contributed by atoms with Gasteiger partial charge in [0.25, 0.3) is 5.91 Å². The van der Waals surface area contributed by atoms with Gasteiger partial charge in [-0.05, 0) is 43.2 Å². The van der Waals surface area contributed by atoms with E-state index in [1.54, 1.807) is 25.1 Å². The van der Waals surface area contributed by atoms with Crippen molar-refractivity contribution in [1.82, 2.24) is 5.32 Å². The molecule has 21 heavy (non-hydrogen) atoms. The maximum atomic E-state index is 12.4. The molecule has 2 N–H and O–H groups in total. The van der Waals surface area contributed by atoms with Gasteiger partial charge >= 0.3 is 0 Å². The van der Waals surface area contributed by atoms with Gasteiger partial charge in [0.1, 0.15) is 0 Å². The Morgan fingerprint density at radius 1 is 1.24 bits per heavy atom. The normalized spacial score (nSPS) is 13.5. The highest BCUT2D eigenvalue weighted by Gasteiger charge is 2.28. The highest BCUT2D eigenvalue weighted by Crippen LogP contribution is 2.22. The number of hydrogen-bond donors (Lipinski definition) is 2. The number of aliphatic hydroxyl groups excluding tert-OH is 1. The molecule has 2 aromatic carbocycles. The van der Waals surface area contributed by atoms with Gasteiger partial charge in [-0.2, -0.15) is 0 Å². The van der Waals surface area contributed by atoms with Crippen molar-refractivity contribution >= 4 is 17.5 Å². The van der Waals surface area contributed by atoms with Gasteiger partial charge in [0, 0.05) is 10.6 Å². The Balaban J connectivity index is 2.26. The number of aliphatic hydroxyl groups is 1. The molecular formula is C17H18ClNO2. The fourth-order valence-corrected chi connectivity index (χ4v) is 2.24. The molecule has 0 bridgehead atoms. The number of aryl methyl sites for hydroxylation is 1. The minimum atomic E-state index is -0.827. The first-order valence-corrected chi connectivity index (χ1v) is 7.09. The average molecular weight is 304 g/mol. The zero-order chi connectivity index (χ0) is 15.5. The van der Waals surface area contributed by atoms with E-state index in [2.05, 4.69) is 5.32 Å². The number of hydrogen-bond acceptors (Lipinski definition) is 2. The molecule has 1 amide bonds. The van der Waals surface area contributed by atoms with Gasteiger partial charge < -0.3 is 10.4 Å². The van der Waals surface area contributed by atoms with E-state index in [0.29, 0.717) is 10.6 Å². The molecule has 0 saturated heterocycles. The van der Waals surface area contributed by atoms with Gasteiger partial charge in [-0.1, -0.05) is 41.9 Å². The highest BCUT2D eigenvalue weighted by molar-refractivity contribution is 6.31. The van der Waals surface area contributed by atoms with Crippen LogP contribution in [-0.2, 0) is 5.54 Å². The van der Waals surface area contributed by atoms with Crippen molar-refractivity contribution in [3.8, 4) is 0 Å². The highest BCUT2D eigenvalue weighted by atomic mass is 35.5. The standard InChI is InChI=1S/C17H18ClNO2/c1-12-10-13(8-9-15(12)18)16(21)19-17(2,11-20)14-6-4-3-5-7-14/h3-10,20H,11H2,1-2H3,(H,19,21). The van der Waals surface area contributed by atoms with Crippen molar-refractivity contribution < 1.29 is 9.90 Å². The van der Waals surface area contributed by atoms with E-state index in [1.807, 2.05) is 37.3 Å². The Hall–Kier alpha value is -1.84. The smallest absolute Gasteiger partial charge is 0.252 e. The molecule has 3 nitrogen and oxygen atoms in total. The molecule has 0 aliphatic rings. The first-order chi connectivity index (χ1) is 9.96. The number of carbonyl (C=O) groups excluding carboxylic acids is 1. The summed E-state index contributed by atoms with van der Waals surface area (Å²) in [6.45, 7) is 3.46. The third-order valence-corrected chi connectivity index (χ3v) is 3.96. The molecule has 0 aromatic heterocycles. The largest absolute Gasteiger partial charge is 0.394 e. The molecule has 110 valence electrons. The second-order valence-electron chi connectivity index (χ2n) is 5.27. The first kappa shape index (κ1) is 15.5. The zero-order valence-electron chi connectivity index (χ0n) is 12.1. The SMILES string of the molecule is Cc1cc(C(=O)NC(C)(CO)c2ccccc2)ccc1Cl. The molecule has 1 atom stereocenters. The average Bonchev–Trinajstić information content (AvgIpc) is 2.50. The lowest BCUT2D eigenvalue weighted by Crippen LogP contribution is -2.46. The molecule has 0 heterocycles. The molecule has 0 spiro atoms. The minimum Gasteiger partial charge on any atom is -0.394 e. The number of halogens is 1. The lowest BCUT2D eigenvalue weighted by atomic mass is 9.92. The van der Waals surface area contributed by atoms with Crippen LogP contribution in [0.1, 0.15) is 28.4 Å². The van der Waals surface area contributed by atoms with Crippen LogP contribution in [0, 0.1) is 6.92 Å². The number of rotatable bonds is 4. The Labute approximate surface area is 129 Å². The molecular weight excluding hydrogens is 286 g/mol. The van der Waals surface area contributed by atoms with Gasteiger partial charge in [-0.25, -0.2) is 0 Å². The fraction of sp³-hybridized carbons (Fsp3) is 0.235. The Morgan fingerprint density at radius 3 is 2.48 bits per heavy atom. The van der Waals surface area contributed by atoms with Crippen molar-refractivity contribution in [2.75, 3.05) is 6.61 Å². The third kappa shape index (κ3) is 3.43. The van der Waals surface area contributed by atoms with Gasteiger partial charge in [-0.15, -0.1) is 0 Å². The molecule has 1 unspecified atom stereocenters. The summed E-state index contributed by atoms with van der Waals surface area (Å²) in [6, 6.07) is 14.5. The number of carbonyl (C=O) groups is 1. The topological polar surface area (TPSA) is 49.3 Å². The van der Waals surface area contributed by atoms with E-state index in [9.17, 15) is 9.90 Å². The van der Waals surface area contributed by atoms with Crippen LogP contribution >= 0.6 is 11.6 Å². The van der Waals surface area contributed by atoms with Crippen LogP contribution in [-0.4, -0.2) is 17.6 Å². The summed E-state index contributed by atoms with van der Waals surface area (Å²) < 4.78 is 0. The van der Waals surface area contributed by atoms with E-state index >= 15 is 0 Å². The second kappa shape index (κ2) is 6.29. The summed E-state index contributed by atoms with van der Waals surface area (Å²) in [5.74, 6) is -0.241. The van der Waals surface area contributed by atoms with Crippen LogP contribution < -0.4 is 5.32 Å². The van der Waals surface area contributed by atoms with Gasteiger partial charge in [-0.3, -0.25) is 4.79 Å². The molecule has 2 aromatic rings. The van der Waals surface area contributed by atoms with E-state index in [4.69, 9.17) is 11.6 Å². The molecule has 0 fully saturated rings. The molecule has 4 heteroatoms. The predicted molar refractivity (Wildman–Crippen MR) is 84.5 cm³/mol. The van der Waals surface area contributed by atoms with E-state index < -0.39 is 5.54 Å². The van der Waals surface area contributed by atoms with Crippen molar-refractivity contribution in [1.29, 1.82) is 0 Å². The molecule has 0 aliphatic carbocycles. The van der Waals surface area contributed by atoms with Gasteiger partial charge in [0.05, 0.1) is 12.1 Å². The van der Waals surface area contributed by atoms with Crippen LogP contribution in [0.25, 0.3) is 0 Å². The summed E-state index contributed by atoms with van der Waals surface area (Å²) in [5, 5.41) is 13.2. The van der Waals surface area contributed by atoms with Crippen LogP contribution in [0.3, 0.4) is 0 Å². The van der Waals surface area contributed by atoms with Crippen LogP contribution in [0.15, 0.2) is 48.5 Å². The Bertz CT molecular complexity index is 642. The van der Waals surface area contributed by atoms with Crippen molar-refractivity contribution in [2.24, 2.45) is 0 Å². The maximum Gasteiger partial charge on any atom is 0.252 e. The second-order valence-corrected chi connectivity index (χ2v) is 5.68. The van der Waals surface area contributed by atoms with Crippen molar-refractivity contribution in [3.63, 3.8) is 0 Å². The maximum absolute atomic E-state index is 12.4. The number of nitrogens with one attached hydrogen (secondary N) is 1. The Morgan fingerprint density at radius 2 is 1.90 bits per heavy atom. The lowest BCUT2D eigenvalue weighted by Gasteiger charge is -2.29. The van der Waals surface area contributed by atoms with E-state index in [-0.39, 0.29) is 12.5 Å². The number of benzene rings is 2. The van der Waals surface area contributed by atoms with Gasteiger partial charge in [0.2, 0.25) is 0 Å². The summed E-state index contributed by atoms with van der Waals surface area (Å²) in [7, 11) is 0. The molecule has 0 radical (unpaired) electrons. The molecule has 2 rings (SSSR count). The number of amides is 1. The van der Waals surface area contributed by atoms with Crippen LogP contribution in [0.2, 0.25) is 5.02 Å². The van der Waals surface area contributed by atoms with Crippen molar-refractivity contribution in [2.45, 2.75) is 19.4 Å². The fourth-order valence-electron chi connectivity index (χ4n) is 2.12. The summed E-state index contributed by atoms with van der Waals surface area (Å²) in [6.07, 6.45) is 0. The van der Waals surface area contributed by atoms with Gasteiger partial charge in [0.15, 0.2) is 0 Å². The molecule has 0 saturated carbocycles. The van der Waals surface area contributed by atoms with E-state index in [0.717, 1.165) is 11.1 Å².